The van der Waals surface area contributed by atoms with Gasteiger partial charge >= 0.3 is 5.97 Å². The van der Waals surface area contributed by atoms with Crippen LogP contribution in [0.3, 0.4) is 0 Å². The SMILES string of the molecule is COc1nc(OCc2cccc(-c3cccc(COc4cc(OCc5cncc(C#N)c5)c(CNC[C@@H](O)CC(=O)O)cc4Cl)c3C)c2C)ccc1CCCCO. The molecule has 12 nitrogen and oxygen atoms in total. The van der Waals surface area contributed by atoms with E-state index in [2.05, 4.69) is 47.3 Å². The third-order valence-electron chi connectivity index (χ3n) is 9.44. The van der Waals surface area contributed by atoms with Gasteiger partial charge in [0.15, 0.2) is 0 Å². The summed E-state index contributed by atoms with van der Waals surface area (Å²) in [6.07, 6.45) is 3.96. The number of hydrogen-bond acceptors (Lipinski definition) is 11. The number of benzene rings is 3. The van der Waals surface area contributed by atoms with E-state index in [1.807, 2.05) is 36.4 Å². The number of carboxylic acid groups (broad SMARTS) is 1. The summed E-state index contributed by atoms with van der Waals surface area (Å²) in [5.74, 6) is 0.751. The van der Waals surface area contributed by atoms with Crippen LogP contribution in [-0.4, -0.2) is 57.6 Å². The lowest BCUT2D eigenvalue weighted by Crippen LogP contribution is -2.28. The van der Waals surface area contributed by atoms with Crippen molar-refractivity contribution >= 4 is 17.6 Å². The standard InChI is InChI=1S/C44H47ClN4O8/c1-28-33(9-6-11-37(28)38-12-7-10-34(29(38)2)27-57-42-14-13-32(8-4-5-15-50)44(49-42)54-3)26-56-41-19-40(55-25-31-16-30(20-46)21-47-22-31)35(17-39(41)45)23-48-24-36(51)18-43(52)53/h6-7,9-14,16-17,19,21-22,36,48,50-51H,4-5,8,15,18,23-27H2,1-3H3,(H,52,53)/t36-/m0/s1. The predicted molar refractivity (Wildman–Crippen MR) is 216 cm³/mol. The summed E-state index contributed by atoms with van der Waals surface area (Å²) < 4.78 is 24.1. The highest BCUT2D eigenvalue weighted by Crippen LogP contribution is 2.36. The fraction of sp³-hybridized carbons (Fsp3) is 0.318. The van der Waals surface area contributed by atoms with Gasteiger partial charge in [-0.1, -0.05) is 48.0 Å². The monoisotopic (exact) mass is 794 g/mol. The molecule has 0 saturated heterocycles. The zero-order valence-corrected chi connectivity index (χ0v) is 33.0. The Morgan fingerprint density at radius 1 is 0.877 bits per heavy atom. The van der Waals surface area contributed by atoms with Gasteiger partial charge in [0.2, 0.25) is 11.8 Å². The van der Waals surface area contributed by atoms with Crippen LogP contribution in [0.5, 0.6) is 23.3 Å². The summed E-state index contributed by atoms with van der Waals surface area (Å²) in [5, 5.41) is 40.9. The number of nitrogens with one attached hydrogen (secondary N) is 1. The predicted octanol–water partition coefficient (Wildman–Crippen LogP) is 7.27. The van der Waals surface area contributed by atoms with Gasteiger partial charge in [0.25, 0.3) is 0 Å². The molecule has 298 valence electrons. The number of nitrogens with zero attached hydrogens (tertiary/aromatic N) is 3. The number of aromatic nitrogens is 2. The smallest absolute Gasteiger partial charge is 0.306 e. The summed E-state index contributed by atoms with van der Waals surface area (Å²) in [4.78, 5) is 19.7. The third kappa shape index (κ3) is 11.9. The van der Waals surface area contributed by atoms with Crippen molar-refractivity contribution in [2.75, 3.05) is 20.3 Å². The van der Waals surface area contributed by atoms with Crippen molar-refractivity contribution < 1.29 is 39.1 Å². The van der Waals surface area contributed by atoms with E-state index < -0.39 is 12.1 Å². The minimum atomic E-state index is -1.09. The van der Waals surface area contributed by atoms with Crippen LogP contribution in [0.4, 0.5) is 0 Å². The average Bonchev–Trinajstić information content (AvgIpc) is 3.20. The lowest BCUT2D eigenvalue weighted by atomic mass is 9.92. The minimum Gasteiger partial charge on any atom is -0.488 e. The number of pyridine rings is 2. The molecule has 13 heteroatoms. The molecule has 0 spiro atoms. The number of halogens is 1. The highest BCUT2D eigenvalue weighted by molar-refractivity contribution is 6.32. The molecule has 1 atom stereocenters. The molecular weight excluding hydrogens is 748 g/mol. The van der Waals surface area contributed by atoms with E-state index in [4.69, 9.17) is 40.8 Å². The van der Waals surface area contributed by atoms with Gasteiger partial charge in [0, 0.05) is 60.9 Å². The second-order valence-corrected chi connectivity index (χ2v) is 13.9. The van der Waals surface area contributed by atoms with Crippen LogP contribution >= 0.6 is 11.6 Å². The minimum absolute atomic E-state index is 0.0499. The van der Waals surface area contributed by atoms with E-state index in [-0.39, 0.29) is 39.3 Å². The second-order valence-electron chi connectivity index (χ2n) is 13.5. The number of aliphatic carboxylic acids is 1. The fourth-order valence-electron chi connectivity index (χ4n) is 6.29. The maximum absolute atomic E-state index is 11.0. The largest absolute Gasteiger partial charge is 0.488 e. The number of aryl methyl sites for hydroxylation is 1. The molecule has 3 aromatic carbocycles. The molecule has 0 aliphatic rings. The van der Waals surface area contributed by atoms with Crippen molar-refractivity contribution in [3.63, 3.8) is 0 Å². The molecule has 5 rings (SSSR count). The quantitative estimate of drug-likeness (QED) is 0.0548. The second kappa shape index (κ2) is 21.0. The molecule has 0 aliphatic heterocycles. The van der Waals surface area contributed by atoms with Crippen molar-refractivity contribution in [1.29, 1.82) is 5.26 Å². The zero-order chi connectivity index (χ0) is 40.7. The molecular formula is C44H47ClN4O8. The normalized spacial score (nSPS) is 11.5. The van der Waals surface area contributed by atoms with Crippen molar-refractivity contribution in [2.45, 2.75) is 72.0 Å². The van der Waals surface area contributed by atoms with Crippen LogP contribution in [0.25, 0.3) is 11.1 Å². The number of carbonyl (C=O) groups is 1. The molecule has 5 aromatic rings. The first kappa shape index (κ1) is 42.4. The molecule has 2 heterocycles. The first-order valence-corrected chi connectivity index (χ1v) is 19.0. The number of hydrogen-bond donors (Lipinski definition) is 4. The summed E-state index contributed by atoms with van der Waals surface area (Å²) >= 11 is 6.75. The molecule has 4 N–H and O–H groups in total. The first-order valence-electron chi connectivity index (χ1n) is 18.6. The van der Waals surface area contributed by atoms with Crippen LogP contribution in [0.2, 0.25) is 5.02 Å². The number of carboxylic acids is 1. The third-order valence-corrected chi connectivity index (χ3v) is 9.74. The van der Waals surface area contributed by atoms with Crippen molar-refractivity contribution in [3.05, 3.63) is 129 Å². The highest BCUT2D eigenvalue weighted by atomic mass is 35.5. The fourth-order valence-corrected chi connectivity index (χ4v) is 6.53. The van der Waals surface area contributed by atoms with Crippen LogP contribution in [0, 0.1) is 25.2 Å². The Kier molecular flexibility index (Phi) is 15.6. The molecule has 0 bridgehead atoms. The van der Waals surface area contributed by atoms with Gasteiger partial charge < -0.3 is 39.6 Å². The van der Waals surface area contributed by atoms with Gasteiger partial charge in [0.05, 0.1) is 30.2 Å². The number of unbranched alkanes of at least 4 members (excludes halogenated alkanes) is 1. The number of aliphatic hydroxyl groups excluding tert-OH is 2. The van der Waals surface area contributed by atoms with Gasteiger partial charge in [-0.15, -0.1) is 0 Å². The van der Waals surface area contributed by atoms with E-state index in [0.29, 0.717) is 51.6 Å². The highest BCUT2D eigenvalue weighted by Gasteiger charge is 2.17. The Morgan fingerprint density at radius 2 is 1.58 bits per heavy atom. The molecule has 0 saturated carbocycles. The van der Waals surface area contributed by atoms with Crippen LogP contribution in [-0.2, 0) is 37.6 Å². The van der Waals surface area contributed by atoms with Crippen molar-refractivity contribution in [2.24, 2.45) is 0 Å². The maximum Gasteiger partial charge on any atom is 0.306 e. The number of methoxy groups -OCH3 is 1. The first-order chi connectivity index (χ1) is 27.6. The molecule has 0 unspecified atom stereocenters. The van der Waals surface area contributed by atoms with Gasteiger partial charge in [-0.3, -0.25) is 9.78 Å². The van der Waals surface area contributed by atoms with Crippen molar-refractivity contribution in [1.82, 2.24) is 15.3 Å². The molecule has 0 aliphatic carbocycles. The maximum atomic E-state index is 11.0. The Morgan fingerprint density at radius 3 is 2.25 bits per heavy atom. The summed E-state index contributed by atoms with van der Waals surface area (Å²) in [7, 11) is 1.59. The molecule has 0 fully saturated rings. The van der Waals surface area contributed by atoms with Gasteiger partial charge in [-0.25, -0.2) is 0 Å². The van der Waals surface area contributed by atoms with Gasteiger partial charge in [-0.2, -0.15) is 10.2 Å². The van der Waals surface area contributed by atoms with Gasteiger partial charge in [0.1, 0.15) is 37.4 Å². The van der Waals surface area contributed by atoms with Gasteiger partial charge in [-0.05, 0) is 84.7 Å². The Balaban J connectivity index is 1.31. The Bertz CT molecular complexity index is 2190. The molecule has 0 amide bonds. The molecule has 0 radical (unpaired) electrons. The van der Waals surface area contributed by atoms with E-state index in [1.54, 1.807) is 31.5 Å². The lowest BCUT2D eigenvalue weighted by molar-refractivity contribution is -0.139. The number of nitriles is 1. The number of rotatable bonds is 21. The lowest BCUT2D eigenvalue weighted by Gasteiger charge is -2.18. The molecule has 57 heavy (non-hydrogen) atoms. The van der Waals surface area contributed by atoms with E-state index >= 15 is 0 Å². The number of aliphatic hydroxyl groups is 2. The molecule has 2 aromatic heterocycles. The van der Waals surface area contributed by atoms with Crippen LogP contribution in [0.15, 0.2) is 79.1 Å². The number of ether oxygens (including phenoxy) is 4. The summed E-state index contributed by atoms with van der Waals surface area (Å²) in [5.41, 5.74) is 8.95. The van der Waals surface area contributed by atoms with Crippen LogP contribution in [0.1, 0.15) is 63.8 Å². The van der Waals surface area contributed by atoms with E-state index in [1.165, 1.54) is 6.20 Å². The summed E-state index contributed by atoms with van der Waals surface area (Å²) in [6.45, 7) is 5.23. The topological polar surface area (TPSA) is 176 Å². The van der Waals surface area contributed by atoms with E-state index in [9.17, 15) is 15.2 Å². The zero-order valence-electron chi connectivity index (χ0n) is 32.3. The van der Waals surface area contributed by atoms with Crippen molar-refractivity contribution in [3.8, 4) is 40.5 Å². The summed E-state index contributed by atoms with van der Waals surface area (Å²) in [6, 6.07) is 23.2. The Labute approximate surface area is 337 Å². The average molecular weight is 795 g/mol. The Hall–Kier alpha value is -5.71. The van der Waals surface area contributed by atoms with E-state index in [0.717, 1.165) is 58.2 Å². The van der Waals surface area contributed by atoms with Crippen LogP contribution < -0.4 is 24.3 Å².